The number of benzene rings is 2. The van der Waals surface area contributed by atoms with Gasteiger partial charge in [-0.15, -0.1) is 0 Å². The predicted octanol–water partition coefficient (Wildman–Crippen LogP) is 2.87. The summed E-state index contributed by atoms with van der Waals surface area (Å²) in [5.74, 6) is 0.873. The third-order valence-corrected chi connectivity index (χ3v) is 5.21. The van der Waals surface area contributed by atoms with Gasteiger partial charge in [-0.3, -0.25) is 4.79 Å². The molecule has 0 spiro atoms. The van der Waals surface area contributed by atoms with Crippen molar-refractivity contribution in [3.05, 3.63) is 65.7 Å². The van der Waals surface area contributed by atoms with Crippen LogP contribution in [0.25, 0.3) is 0 Å². The van der Waals surface area contributed by atoms with Crippen molar-refractivity contribution in [3.63, 3.8) is 0 Å². The minimum absolute atomic E-state index is 0.0415. The lowest BCUT2D eigenvalue weighted by Gasteiger charge is -2.29. The number of nitrogens with two attached hydrogens (primary N) is 2. The number of piperidine rings is 1. The first kappa shape index (κ1) is 20.4. The molecule has 2 aromatic rings. The Morgan fingerprint density at radius 3 is 2.29 bits per heavy atom. The van der Waals surface area contributed by atoms with Crippen molar-refractivity contribution in [1.29, 1.82) is 0 Å². The van der Waals surface area contributed by atoms with Crippen LogP contribution in [-0.2, 0) is 17.8 Å². The summed E-state index contributed by atoms with van der Waals surface area (Å²) >= 11 is 0. The Morgan fingerprint density at radius 1 is 0.929 bits per heavy atom. The van der Waals surface area contributed by atoms with Crippen LogP contribution in [-0.4, -0.2) is 36.0 Å². The van der Waals surface area contributed by atoms with Crippen LogP contribution in [0.15, 0.2) is 54.6 Å². The lowest BCUT2D eigenvalue weighted by Crippen LogP contribution is -2.48. The van der Waals surface area contributed by atoms with Gasteiger partial charge in [0.1, 0.15) is 12.4 Å². The summed E-state index contributed by atoms with van der Waals surface area (Å²) in [5, 5.41) is 0. The Kier molecular flexibility index (Phi) is 7.46. The van der Waals surface area contributed by atoms with Gasteiger partial charge in [-0.25, -0.2) is 0 Å². The number of carbonyl (C=O) groups is 1. The molecule has 0 radical (unpaired) electrons. The van der Waals surface area contributed by atoms with Gasteiger partial charge in [0.2, 0.25) is 5.91 Å². The Labute approximate surface area is 167 Å². The molecule has 4 N–H and O–H groups in total. The Bertz CT molecular complexity index is 727. The van der Waals surface area contributed by atoms with Crippen LogP contribution in [0.2, 0.25) is 0 Å². The average Bonchev–Trinajstić information content (AvgIpc) is 2.74. The molecule has 2 atom stereocenters. The molecule has 0 bridgehead atoms. The van der Waals surface area contributed by atoms with Crippen LogP contribution in [0.4, 0.5) is 0 Å². The zero-order valence-electron chi connectivity index (χ0n) is 16.4. The molecule has 0 aliphatic carbocycles. The zero-order chi connectivity index (χ0) is 19.8. The van der Waals surface area contributed by atoms with E-state index in [2.05, 4.69) is 0 Å². The van der Waals surface area contributed by atoms with Gasteiger partial charge in [0.15, 0.2) is 0 Å². The minimum Gasteiger partial charge on any atom is -0.489 e. The highest BCUT2D eigenvalue weighted by Gasteiger charge is 2.24. The lowest BCUT2D eigenvalue weighted by molar-refractivity contribution is -0.133. The van der Waals surface area contributed by atoms with Crippen molar-refractivity contribution in [2.45, 2.75) is 50.8 Å². The van der Waals surface area contributed by atoms with E-state index in [4.69, 9.17) is 16.2 Å². The maximum absolute atomic E-state index is 12.4. The molecular formula is C23H31N3O2. The van der Waals surface area contributed by atoms with Crippen molar-refractivity contribution in [2.75, 3.05) is 13.1 Å². The van der Waals surface area contributed by atoms with Gasteiger partial charge in [0, 0.05) is 19.1 Å². The van der Waals surface area contributed by atoms with Crippen molar-refractivity contribution in [2.24, 2.45) is 11.5 Å². The number of carbonyl (C=O) groups excluding carboxylic acids is 1. The van der Waals surface area contributed by atoms with E-state index in [-0.39, 0.29) is 11.9 Å². The smallest absolute Gasteiger partial charge is 0.239 e. The fraction of sp³-hybridized carbons (Fsp3) is 0.435. The second kappa shape index (κ2) is 10.2. The van der Waals surface area contributed by atoms with Crippen molar-refractivity contribution in [1.82, 2.24) is 4.90 Å². The zero-order valence-corrected chi connectivity index (χ0v) is 16.4. The normalized spacial score (nSPS) is 16.4. The number of amides is 1. The highest BCUT2D eigenvalue weighted by atomic mass is 16.5. The molecule has 5 nitrogen and oxygen atoms in total. The van der Waals surface area contributed by atoms with Gasteiger partial charge < -0.3 is 21.1 Å². The monoisotopic (exact) mass is 381 g/mol. The summed E-state index contributed by atoms with van der Waals surface area (Å²) < 4.78 is 5.81. The van der Waals surface area contributed by atoms with Crippen LogP contribution in [0.3, 0.4) is 0 Å². The summed E-state index contributed by atoms with van der Waals surface area (Å²) in [5.41, 5.74) is 14.7. The summed E-state index contributed by atoms with van der Waals surface area (Å²) in [7, 11) is 0. The van der Waals surface area contributed by atoms with Gasteiger partial charge >= 0.3 is 0 Å². The Balaban J connectivity index is 1.44. The van der Waals surface area contributed by atoms with Crippen LogP contribution in [0.5, 0.6) is 5.75 Å². The first-order chi connectivity index (χ1) is 13.6. The predicted molar refractivity (Wildman–Crippen MR) is 112 cm³/mol. The number of ether oxygens (including phenoxy) is 1. The number of hydrogen-bond acceptors (Lipinski definition) is 4. The molecule has 5 heteroatoms. The third kappa shape index (κ3) is 6.08. The molecule has 1 heterocycles. The molecule has 3 rings (SSSR count). The molecule has 0 aromatic heterocycles. The molecular weight excluding hydrogens is 350 g/mol. The molecule has 1 fully saturated rings. The molecule has 1 unspecified atom stereocenters. The van der Waals surface area contributed by atoms with E-state index in [9.17, 15) is 4.79 Å². The van der Waals surface area contributed by atoms with E-state index in [0.29, 0.717) is 19.4 Å². The van der Waals surface area contributed by atoms with Crippen molar-refractivity contribution in [3.8, 4) is 5.75 Å². The van der Waals surface area contributed by atoms with E-state index < -0.39 is 6.04 Å². The van der Waals surface area contributed by atoms with Gasteiger partial charge in [-0.05, 0) is 55.4 Å². The second-order valence-electron chi connectivity index (χ2n) is 7.61. The fourth-order valence-electron chi connectivity index (χ4n) is 3.62. The minimum atomic E-state index is -0.512. The summed E-state index contributed by atoms with van der Waals surface area (Å²) in [6.45, 7) is 2.20. The molecule has 1 aliphatic heterocycles. The number of nitrogens with zero attached hydrogens (tertiary/aromatic N) is 1. The molecule has 28 heavy (non-hydrogen) atoms. The van der Waals surface area contributed by atoms with Gasteiger partial charge in [0.05, 0.1) is 6.04 Å². The third-order valence-electron chi connectivity index (χ3n) is 5.21. The lowest BCUT2D eigenvalue weighted by atomic mass is 9.99. The highest BCUT2D eigenvalue weighted by Crippen LogP contribution is 2.16. The molecule has 0 saturated carbocycles. The molecule has 150 valence electrons. The van der Waals surface area contributed by atoms with Gasteiger partial charge in [-0.1, -0.05) is 42.5 Å². The highest BCUT2D eigenvalue weighted by molar-refractivity contribution is 5.81. The van der Waals surface area contributed by atoms with Crippen LogP contribution in [0, 0.1) is 0 Å². The topological polar surface area (TPSA) is 81.6 Å². The van der Waals surface area contributed by atoms with E-state index in [1.54, 1.807) is 0 Å². The number of hydrogen-bond donors (Lipinski definition) is 2. The van der Waals surface area contributed by atoms with E-state index >= 15 is 0 Å². The molecule has 2 aromatic carbocycles. The standard InChI is InChI=1S/C23H31N3O2/c24-20(16-22(25)23(27)26-13-5-2-6-14-26)15-18-9-11-21(12-10-18)28-17-19-7-3-1-4-8-19/h1,3-4,7-12,20,22H,2,5-6,13-17,24-25H2/t20?,22-/m0/s1. The quantitative estimate of drug-likeness (QED) is 0.737. The van der Waals surface area contributed by atoms with Gasteiger partial charge in [-0.2, -0.15) is 0 Å². The Morgan fingerprint density at radius 2 is 1.61 bits per heavy atom. The van der Waals surface area contributed by atoms with Crippen molar-refractivity contribution < 1.29 is 9.53 Å². The fourth-order valence-corrected chi connectivity index (χ4v) is 3.62. The van der Waals surface area contributed by atoms with Gasteiger partial charge in [0.25, 0.3) is 0 Å². The Hall–Kier alpha value is -2.37. The largest absolute Gasteiger partial charge is 0.489 e. The molecule has 1 aliphatic rings. The maximum Gasteiger partial charge on any atom is 0.239 e. The summed E-state index contributed by atoms with van der Waals surface area (Å²) in [4.78, 5) is 14.3. The van der Waals surface area contributed by atoms with Crippen LogP contribution < -0.4 is 16.2 Å². The van der Waals surface area contributed by atoms with Crippen molar-refractivity contribution >= 4 is 5.91 Å². The summed E-state index contributed by atoms with van der Waals surface area (Å²) in [6, 6.07) is 17.4. The van der Waals surface area contributed by atoms with E-state index in [1.807, 2.05) is 59.5 Å². The SMILES string of the molecule is NC(Cc1ccc(OCc2ccccc2)cc1)C[C@H](N)C(=O)N1CCCCC1. The first-order valence-corrected chi connectivity index (χ1v) is 10.2. The summed E-state index contributed by atoms with van der Waals surface area (Å²) in [6.07, 6.45) is 4.54. The average molecular weight is 382 g/mol. The number of likely N-dealkylation sites (tertiary alicyclic amines) is 1. The first-order valence-electron chi connectivity index (χ1n) is 10.2. The van der Waals surface area contributed by atoms with E-state index in [1.165, 1.54) is 6.42 Å². The molecule has 1 saturated heterocycles. The van der Waals surface area contributed by atoms with Crippen LogP contribution in [0.1, 0.15) is 36.8 Å². The maximum atomic E-state index is 12.4. The van der Waals surface area contributed by atoms with Crippen LogP contribution >= 0.6 is 0 Å². The molecule has 1 amide bonds. The number of rotatable bonds is 8. The van der Waals surface area contributed by atoms with E-state index in [0.717, 1.165) is 42.8 Å². The second-order valence-corrected chi connectivity index (χ2v) is 7.61.